The van der Waals surface area contributed by atoms with E-state index in [2.05, 4.69) is 13.8 Å². The van der Waals surface area contributed by atoms with Crippen molar-refractivity contribution in [3.05, 3.63) is 0 Å². The van der Waals surface area contributed by atoms with Gasteiger partial charge in [-0.2, -0.15) is 0 Å². The quantitative estimate of drug-likeness (QED) is 0.786. The number of carboxylic acids is 1. The molecule has 0 aliphatic carbocycles. The SMILES string of the molecule is CC(C)CN1CCCN(C)C(CC(=O)O)C1=O. The Labute approximate surface area is 102 Å². The number of hydrogen-bond acceptors (Lipinski definition) is 3. The van der Waals surface area contributed by atoms with Gasteiger partial charge >= 0.3 is 5.97 Å². The average Bonchev–Trinajstić information content (AvgIpc) is 2.32. The van der Waals surface area contributed by atoms with E-state index < -0.39 is 12.0 Å². The van der Waals surface area contributed by atoms with Gasteiger partial charge in [-0.05, 0) is 19.4 Å². The number of aliphatic carboxylic acids is 1. The zero-order valence-electron chi connectivity index (χ0n) is 10.8. The standard InChI is InChI=1S/C12H22N2O3/c1-9(2)8-14-6-4-5-13(3)10(12(14)17)7-11(15)16/h9-10H,4-8H2,1-3H3,(H,15,16). The fourth-order valence-electron chi connectivity index (χ4n) is 2.21. The smallest absolute Gasteiger partial charge is 0.305 e. The third-order valence-corrected chi connectivity index (χ3v) is 3.02. The van der Waals surface area contributed by atoms with Gasteiger partial charge in [-0.3, -0.25) is 14.5 Å². The van der Waals surface area contributed by atoms with Crippen LogP contribution in [0.4, 0.5) is 0 Å². The van der Waals surface area contributed by atoms with Gasteiger partial charge in [0.05, 0.1) is 12.5 Å². The topological polar surface area (TPSA) is 60.9 Å². The minimum Gasteiger partial charge on any atom is -0.481 e. The Hall–Kier alpha value is -1.10. The molecule has 1 saturated heterocycles. The number of carboxylic acid groups (broad SMARTS) is 1. The van der Waals surface area contributed by atoms with Crippen molar-refractivity contribution >= 4 is 11.9 Å². The van der Waals surface area contributed by atoms with Crippen molar-refractivity contribution in [3.63, 3.8) is 0 Å². The van der Waals surface area contributed by atoms with Gasteiger partial charge in [0.1, 0.15) is 0 Å². The van der Waals surface area contributed by atoms with Crippen LogP contribution in [0.2, 0.25) is 0 Å². The molecule has 5 heteroatoms. The second-order valence-corrected chi connectivity index (χ2v) is 5.13. The maximum absolute atomic E-state index is 12.2. The van der Waals surface area contributed by atoms with Crippen LogP contribution in [-0.4, -0.2) is 59.5 Å². The lowest BCUT2D eigenvalue weighted by molar-refractivity contribution is -0.144. The zero-order valence-corrected chi connectivity index (χ0v) is 10.8. The highest BCUT2D eigenvalue weighted by Crippen LogP contribution is 2.14. The average molecular weight is 242 g/mol. The second kappa shape index (κ2) is 6.00. The van der Waals surface area contributed by atoms with Gasteiger partial charge in [-0.1, -0.05) is 13.8 Å². The Kier molecular flexibility index (Phi) is 4.93. The molecule has 0 aromatic carbocycles. The van der Waals surface area contributed by atoms with Crippen molar-refractivity contribution in [2.45, 2.75) is 32.7 Å². The Morgan fingerprint density at radius 2 is 2.12 bits per heavy atom. The third kappa shape index (κ3) is 4.00. The third-order valence-electron chi connectivity index (χ3n) is 3.02. The molecule has 1 unspecified atom stereocenters. The van der Waals surface area contributed by atoms with Crippen LogP contribution < -0.4 is 0 Å². The van der Waals surface area contributed by atoms with E-state index in [1.807, 2.05) is 16.8 Å². The van der Waals surface area contributed by atoms with E-state index in [0.29, 0.717) is 12.5 Å². The van der Waals surface area contributed by atoms with Crippen LogP contribution in [0.15, 0.2) is 0 Å². The predicted octanol–water partition coefficient (Wildman–Crippen LogP) is 0.650. The molecule has 0 radical (unpaired) electrons. The highest BCUT2D eigenvalue weighted by atomic mass is 16.4. The summed E-state index contributed by atoms with van der Waals surface area (Å²) in [7, 11) is 1.82. The van der Waals surface area contributed by atoms with Gasteiger partial charge in [0.2, 0.25) is 5.91 Å². The number of carbonyl (C=O) groups excluding carboxylic acids is 1. The molecule has 0 aromatic heterocycles. The van der Waals surface area contributed by atoms with Gasteiger partial charge in [-0.15, -0.1) is 0 Å². The molecule has 0 bridgehead atoms. The Balaban J connectivity index is 2.76. The largest absolute Gasteiger partial charge is 0.481 e. The van der Waals surface area contributed by atoms with Gasteiger partial charge in [0.15, 0.2) is 0 Å². The molecule has 98 valence electrons. The maximum atomic E-state index is 12.2. The van der Waals surface area contributed by atoms with Crippen LogP contribution in [0.5, 0.6) is 0 Å². The summed E-state index contributed by atoms with van der Waals surface area (Å²) in [5, 5.41) is 8.86. The Morgan fingerprint density at radius 1 is 1.47 bits per heavy atom. The number of amides is 1. The van der Waals surface area contributed by atoms with Crippen molar-refractivity contribution in [2.75, 3.05) is 26.7 Å². The molecule has 1 aliphatic heterocycles. The first-order valence-corrected chi connectivity index (χ1v) is 6.12. The monoisotopic (exact) mass is 242 g/mol. The minimum atomic E-state index is -0.915. The minimum absolute atomic E-state index is 0.0406. The molecular weight excluding hydrogens is 220 g/mol. The van der Waals surface area contributed by atoms with E-state index >= 15 is 0 Å². The maximum Gasteiger partial charge on any atom is 0.305 e. The van der Waals surface area contributed by atoms with E-state index in [4.69, 9.17) is 5.11 Å². The van der Waals surface area contributed by atoms with E-state index in [1.54, 1.807) is 0 Å². The predicted molar refractivity (Wildman–Crippen MR) is 64.7 cm³/mol. The fourth-order valence-corrected chi connectivity index (χ4v) is 2.21. The van der Waals surface area contributed by atoms with Crippen molar-refractivity contribution in [1.82, 2.24) is 9.80 Å². The first kappa shape index (κ1) is 14.0. The lowest BCUT2D eigenvalue weighted by Crippen LogP contribution is -2.46. The van der Waals surface area contributed by atoms with E-state index in [9.17, 15) is 9.59 Å². The number of hydrogen-bond donors (Lipinski definition) is 1. The summed E-state index contributed by atoms with van der Waals surface area (Å²) >= 11 is 0. The molecule has 1 heterocycles. The first-order chi connectivity index (χ1) is 7.91. The highest BCUT2D eigenvalue weighted by Gasteiger charge is 2.32. The summed E-state index contributed by atoms with van der Waals surface area (Å²) in [6.07, 6.45) is 0.801. The molecule has 1 rings (SSSR count). The molecule has 1 amide bonds. The van der Waals surface area contributed by atoms with Crippen LogP contribution in [0.25, 0.3) is 0 Å². The molecule has 1 N–H and O–H groups in total. The van der Waals surface area contributed by atoms with E-state index in [-0.39, 0.29) is 12.3 Å². The lowest BCUT2D eigenvalue weighted by atomic mass is 10.1. The summed E-state index contributed by atoms with van der Waals surface area (Å²) < 4.78 is 0. The summed E-state index contributed by atoms with van der Waals surface area (Å²) in [6.45, 7) is 6.35. The number of rotatable bonds is 4. The number of nitrogens with zero attached hydrogens (tertiary/aromatic N) is 2. The number of carbonyl (C=O) groups is 2. The van der Waals surface area contributed by atoms with Gasteiger partial charge < -0.3 is 10.0 Å². The molecule has 1 aliphatic rings. The first-order valence-electron chi connectivity index (χ1n) is 6.12. The fraction of sp³-hybridized carbons (Fsp3) is 0.833. The van der Waals surface area contributed by atoms with Crippen molar-refractivity contribution in [2.24, 2.45) is 5.92 Å². The number of likely N-dealkylation sites (N-methyl/N-ethyl adjacent to an activating group) is 1. The van der Waals surface area contributed by atoms with Crippen molar-refractivity contribution in [3.8, 4) is 0 Å². The second-order valence-electron chi connectivity index (χ2n) is 5.13. The molecule has 0 spiro atoms. The summed E-state index contributed by atoms with van der Waals surface area (Å²) in [5.41, 5.74) is 0. The van der Waals surface area contributed by atoms with Crippen LogP contribution in [0.1, 0.15) is 26.7 Å². The molecule has 1 atom stereocenters. The molecule has 1 fully saturated rings. The Morgan fingerprint density at radius 3 is 2.65 bits per heavy atom. The molecular formula is C12H22N2O3. The van der Waals surface area contributed by atoms with Gasteiger partial charge in [0, 0.05) is 19.6 Å². The van der Waals surface area contributed by atoms with Crippen molar-refractivity contribution < 1.29 is 14.7 Å². The van der Waals surface area contributed by atoms with Gasteiger partial charge in [-0.25, -0.2) is 0 Å². The summed E-state index contributed by atoms with van der Waals surface area (Å²) in [5.74, 6) is -0.546. The molecule has 5 nitrogen and oxygen atoms in total. The van der Waals surface area contributed by atoms with Crippen molar-refractivity contribution in [1.29, 1.82) is 0 Å². The Bertz CT molecular complexity index is 291. The van der Waals surface area contributed by atoms with Crippen LogP contribution in [-0.2, 0) is 9.59 Å². The highest BCUT2D eigenvalue weighted by molar-refractivity contribution is 5.86. The summed E-state index contributed by atoms with van der Waals surface area (Å²) in [6, 6.07) is -0.506. The van der Waals surface area contributed by atoms with Crippen LogP contribution in [0, 0.1) is 5.92 Å². The van der Waals surface area contributed by atoms with Crippen LogP contribution >= 0.6 is 0 Å². The molecule has 0 aromatic rings. The lowest BCUT2D eigenvalue weighted by Gasteiger charge is -2.28. The van der Waals surface area contributed by atoms with Crippen LogP contribution in [0.3, 0.4) is 0 Å². The molecule has 0 saturated carbocycles. The van der Waals surface area contributed by atoms with E-state index in [1.165, 1.54) is 0 Å². The van der Waals surface area contributed by atoms with E-state index in [0.717, 1.165) is 19.5 Å². The normalized spacial score (nSPS) is 22.9. The zero-order chi connectivity index (χ0) is 13.0. The van der Waals surface area contributed by atoms with Gasteiger partial charge in [0.25, 0.3) is 0 Å². The molecule has 17 heavy (non-hydrogen) atoms. The summed E-state index contributed by atoms with van der Waals surface area (Å²) in [4.78, 5) is 26.7.